The zero-order chi connectivity index (χ0) is 18.0. The molecule has 1 N–H and O–H groups in total. The van der Waals surface area contributed by atoms with Crippen molar-refractivity contribution >= 4 is 23.2 Å². The lowest BCUT2D eigenvalue weighted by Gasteiger charge is -2.13. The maximum atomic E-state index is 13.1. The molecule has 1 heterocycles. The summed E-state index contributed by atoms with van der Waals surface area (Å²) < 4.78 is 44.3. The van der Waals surface area contributed by atoms with Gasteiger partial charge in [0.15, 0.2) is 11.5 Å². The molecule has 4 nitrogen and oxygen atoms in total. The van der Waals surface area contributed by atoms with E-state index in [1.54, 1.807) is 24.3 Å². The van der Waals surface area contributed by atoms with E-state index >= 15 is 0 Å². The van der Waals surface area contributed by atoms with Crippen LogP contribution in [0.2, 0.25) is 5.02 Å². The Balaban J connectivity index is 1.86. The number of carbonyl (C=O) groups excluding carboxylic acids is 1. The number of hydrogen-bond donors (Lipinski definition) is 1. The first kappa shape index (κ1) is 17.0. The zero-order valence-corrected chi connectivity index (χ0v) is 13.2. The minimum absolute atomic E-state index is 0.0851. The Hall–Kier alpha value is -2.80. The quantitative estimate of drug-likeness (QED) is 0.687. The number of rotatable bonds is 3. The molecule has 0 saturated heterocycles. The van der Waals surface area contributed by atoms with Gasteiger partial charge < -0.3 is 9.84 Å². The molecule has 3 rings (SSSR count). The van der Waals surface area contributed by atoms with Gasteiger partial charge in [0.25, 0.3) is 5.91 Å². The third-order valence-corrected chi connectivity index (χ3v) is 3.57. The molecule has 2 aromatic carbocycles. The van der Waals surface area contributed by atoms with E-state index in [1.807, 2.05) is 6.07 Å². The monoisotopic (exact) mass is 366 g/mol. The van der Waals surface area contributed by atoms with Crippen molar-refractivity contribution in [2.24, 2.45) is 0 Å². The van der Waals surface area contributed by atoms with Crippen LogP contribution < -0.4 is 5.32 Å². The molecule has 128 valence electrons. The topological polar surface area (TPSA) is 55.1 Å². The van der Waals surface area contributed by atoms with Crippen molar-refractivity contribution in [1.29, 1.82) is 0 Å². The van der Waals surface area contributed by atoms with Crippen LogP contribution in [0.1, 0.15) is 16.1 Å². The second-order valence-electron chi connectivity index (χ2n) is 5.08. The number of anilines is 1. The van der Waals surface area contributed by atoms with E-state index in [-0.39, 0.29) is 10.7 Å². The smallest absolute Gasteiger partial charge is 0.355 e. The van der Waals surface area contributed by atoms with Gasteiger partial charge in [-0.05, 0) is 18.2 Å². The van der Waals surface area contributed by atoms with Crippen molar-refractivity contribution in [3.8, 4) is 11.3 Å². The van der Waals surface area contributed by atoms with Gasteiger partial charge in [0.2, 0.25) is 0 Å². The first-order valence-electron chi connectivity index (χ1n) is 7.05. The highest BCUT2D eigenvalue weighted by atomic mass is 35.5. The number of alkyl halides is 3. The molecule has 0 aliphatic heterocycles. The van der Waals surface area contributed by atoms with Crippen LogP contribution in [0.4, 0.5) is 18.9 Å². The van der Waals surface area contributed by atoms with Crippen LogP contribution in [0.5, 0.6) is 0 Å². The average molecular weight is 367 g/mol. The van der Waals surface area contributed by atoms with E-state index in [9.17, 15) is 18.0 Å². The fraction of sp³-hybridized carbons (Fsp3) is 0.0588. The first-order chi connectivity index (χ1) is 11.8. The number of nitrogens with zero attached hydrogens (tertiary/aromatic N) is 1. The zero-order valence-electron chi connectivity index (χ0n) is 12.5. The van der Waals surface area contributed by atoms with Crippen molar-refractivity contribution < 1.29 is 22.5 Å². The number of aromatic nitrogens is 1. The summed E-state index contributed by atoms with van der Waals surface area (Å²) in [6.07, 6.45) is -4.66. The van der Waals surface area contributed by atoms with Crippen molar-refractivity contribution in [3.05, 3.63) is 70.9 Å². The van der Waals surface area contributed by atoms with Gasteiger partial charge in [0.1, 0.15) is 0 Å². The van der Waals surface area contributed by atoms with E-state index in [1.165, 1.54) is 12.1 Å². The molecule has 0 atom stereocenters. The van der Waals surface area contributed by atoms with Gasteiger partial charge in [-0.1, -0.05) is 47.1 Å². The molecule has 1 amide bonds. The highest BCUT2D eigenvalue weighted by Gasteiger charge is 2.34. The molecular weight excluding hydrogens is 357 g/mol. The van der Waals surface area contributed by atoms with Crippen LogP contribution >= 0.6 is 11.6 Å². The van der Waals surface area contributed by atoms with Crippen molar-refractivity contribution in [3.63, 3.8) is 0 Å². The van der Waals surface area contributed by atoms with Crippen LogP contribution in [-0.4, -0.2) is 11.1 Å². The largest absolute Gasteiger partial charge is 0.418 e. The van der Waals surface area contributed by atoms with Crippen molar-refractivity contribution in [2.75, 3.05) is 5.32 Å². The number of amides is 1. The Morgan fingerprint density at radius 3 is 2.48 bits per heavy atom. The molecule has 0 radical (unpaired) electrons. The van der Waals surface area contributed by atoms with E-state index in [2.05, 4.69) is 10.5 Å². The Kier molecular flexibility index (Phi) is 4.50. The minimum Gasteiger partial charge on any atom is -0.355 e. The van der Waals surface area contributed by atoms with Crippen LogP contribution in [-0.2, 0) is 6.18 Å². The summed E-state index contributed by atoms with van der Waals surface area (Å²) in [4.78, 5) is 12.2. The second-order valence-corrected chi connectivity index (χ2v) is 5.52. The molecular formula is C17H10ClF3N2O2. The van der Waals surface area contributed by atoms with Gasteiger partial charge in [-0.25, -0.2) is 0 Å². The van der Waals surface area contributed by atoms with Gasteiger partial charge in [-0.2, -0.15) is 13.2 Å². The Bertz CT molecular complexity index is 908. The molecule has 0 saturated carbocycles. The molecule has 0 unspecified atom stereocenters. The van der Waals surface area contributed by atoms with Crippen LogP contribution in [0.3, 0.4) is 0 Å². The maximum Gasteiger partial charge on any atom is 0.418 e. The van der Waals surface area contributed by atoms with Crippen molar-refractivity contribution in [2.45, 2.75) is 6.18 Å². The van der Waals surface area contributed by atoms with Crippen molar-refractivity contribution in [1.82, 2.24) is 5.16 Å². The fourth-order valence-corrected chi connectivity index (χ4v) is 2.34. The molecule has 3 aromatic rings. The molecule has 0 aliphatic rings. The summed E-state index contributed by atoms with van der Waals surface area (Å²) in [5.74, 6) is -0.489. The molecule has 0 bridgehead atoms. The average Bonchev–Trinajstić information content (AvgIpc) is 3.06. The van der Waals surface area contributed by atoms with E-state index in [0.29, 0.717) is 11.3 Å². The highest BCUT2D eigenvalue weighted by Crippen LogP contribution is 2.36. The predicted molar refractivity (Wildman–Crippen MR) is 86.3 cm³/mol. The predicted octanol–water partition coefficient (Wildman–Crippen LogP) is 5.27. The molecule has 0 fully saturated rings. The molecule has 8 heteroatoms. The summed E-state index contributed by atoms with van der Waals surface area (Å²) in [5.41, 5.74) is -0.898. The van der Waals surface area contributed by atoms with Gasteiger partial charge >= 0.3 is 6.18 Å². The Labute approximate surface area is 145 Å². The summed E-state index contributed by atoms with van der Waals surface area (Å²) in [7, 11) is 0. The highest BCUT2D eigenvalue weighted by molar-refractivity contribution is 6.30. The van der Waals surface area contributed by atoms with E-state index in [0.717, 1.165) is 12.1 Å². The molecule has 0 aliphatic carbocycles. The lowest BCUT2D eigenvalue weighted by Crippen LogP contribution is -2.17. The van der Waals surface area contributed by atoms with Crippen LogP contribution in [0, 0.1) is 0 Å². The summed E-state index contributed by atoms with van der Waals surface area (Å²) >= 11 is 5.61. The number of benzene rings is 2. The first-order valence-corrected chi connectivity index (χ1v) is 7.42. The number of halogens is 4. The Morgan fingerprint density at radius 1 is 1.08 bits per heavy atom. The van der Waals surface area contributed by atoms with Gasteiger partial charge in [0, 0.05) is 16.7 Å². The molecule has 0 spiro atoms. The number of hydrogen-bond acceptors (Lipinski definition) is 3. The van der Waals surface area contributed by atoms with Gasteiger partial charge in [-0.15, -0.1) is 0 Å². The summed E-state index contributed by atoms with van der Waals surface area (Å²) in [6.45, 7) is 0. The maximum absolute atomic E-state index is 13.1. The Morgan fingerprint density at radius 2 is 1.80 bits per heavy atom. The lowest BCUT2D eigenvalue weighted by atomic mass is 10.1. The van der Waals surface area contributed by atoms with Crippen LogP contribution in [0.15, 0.2) is 59.1 Å². The lowest BCUT2D eigenvalue weighted by molar-refractivity contribution is -0.136. The summed E-state index contributed by atoms with van der Waals surface area (Å²) in [5, 5.41) is 5.70. The third-order valence-electron chi connectivity index (χ3n) is 3.34. The fourth-order valence-electron chi connectivity index (χ4n) is 2.17. The summed E-state index contributed by atoms with van der Waals surface area (Å²) in [6, 6.07) is 13.3. The molecule has 25 heavy (non-hydrogen) atoms. The standard InChI is InChI=1S/C17H10ClF3N2O2/c18-11-6-7-13(12(8-11)17(19,20)21)22-16(24)14-9-15(25-23-14)10-4-2-1-3-5-10/h1-9H,(H,22,24). The molecule has 1 aromatic heterocycles. The third kappa shape index (κ3) is 3.83. The number of carbonyl (C=O) groups is 1. The van der Waals surface area contributed by atoms with E-state index in [4.69, 9.17) is 16.1 Å². The van der Waals surface area contributed by atoms with E-state index < -0.39 is 23.3 Å². The van der Waals surface area contributed by atoms with Gasteiger partial charge in [-0.3, -0.25) is 4.79 Å². The number of nitrogens with one attached hydrogen (secondary N) is 1. The van der Waals surface area contributed by atoms with Crippen LogP contribution in [0.25, 0.3) is 11.3 Å². The minimum atomic E-state index is -4.66. The SMILES string of the molecule is O=C(Nc1ccc(Cl)cc1C(F)(F)F)c1cc(-c2ccccc2)on1. The normalized spacial score (nSPS) is 11.4. The second kappa shape index (κ2) is 6.60. The van der Waals surface area contributed by atoms with Gasteiger partial charge in [0.05, 0.1) is 11.3 Å².